The van der Waals surface area contributed by atoms with Crippen LogP contribution >= 0.6 is 0 Å². The second kappa shape index (κ2) is 5.95. The summed E-state index contributed by atoms with van der Waals surface area (Å²) in [6.45, 7) is 0. The van der Waals surface area contributed by atoms with Gasteiger partial charge in [-0.15, -0.1) is 0 Å². The molecule has 1 heterocycles. The van der Waals surface area contributed by atoms with Crippen LogP contribution in [-0.2, 0) is 0 Å². The summed E-state index contributed by atoms with van der Waals surface area (Å²) in [4.78, 5) is 15.3. The first kappa shape index (κ1) is 13.6. The number of aromatic carboxylic acids is 1. The van der Waals surface area contributed by atoms with Crippen LogP contribution in [0.15, 0.2) is 42.5 Å². The molecule has 1 N–H and O–H groups in total. The van der Waals surface area contributed by atoms with Crippen molar-refractivity contribution in [3.05, 3.63) is 53.7 Å². The minimum Gasteiger partial charge on any atom is -0.477 e. The molecule has 0 saturated heterocycles. The van der Waals surface area contributed by atoms with Gasteiger partial charge in [0.25, 0.3) is 0 Å². The number of hydrogen-bond acceptors (Lipinski definition) is 3. The maximum Gasteiger partial charge on any atom is 0.354 e. The van der Waals surface area contributed by atoms with Gasteiger partial charge in [0.05, 0.1) is 0 Å². The zero-order chi connectivity index (χ0) is 14.7. The van der Waals surface area contributed by atoms with Gasteiger partial charge in [-0.1, -0.05) is 37.1 Å². The number of ether oxygens (including phenoxy) is 1. The number of pyridine rings is 1. The molecule has 1 aliphatic carbocycles. The molecule has 3 rings (SSSR count). The first-order valence-electron chi connectivity index (χ1n) is 7.21. The summed E-state index contributed by atoms with van der Waals surface area (Å²) in [5, 5.41) is 9.11. The Kier molecular flexibility index (Phi) is 3.86. The minimum absolute atomic E-state index is 0.0164. The first-order chi connectivity index (χ1) is 10.2. The molecule has 0 unspecified atom stereocenters. The Morgan fingerprint density at radius 2 is 1.81 bits per heavy atom. The highest BCUT2D eigenvalue weighted by molar-refractivity contribution is 5.85. The molecule has 0 amide bonds. The molecule has 0 aliphatic heterocycles. The van der Waals surface area contributed by atoms with Crippen LogP contribution in [0.2, 0.25) is 0 Å². The van der Waals surface area contributed by atoms with Gasteiger partial charge in [0.1, 0.15) is 5.75 Å². The van der Waals surface area contributed by atoms with Crippen molar-refractivity contribution in [2.45, 2.75) is 31.6 Å². The number of carboxylic acids is 1. The monoisotopic (exact) mass is 283 g/mol. The van der Waals surface area contributed by atoms with E-state index in [1.807, 2.05) is 36.4 Å². The Bertz CT molecular complexity index is 634. The zero-order valence-corrected chi connectivity index (χ0v) is 11.7. The number of rotatable bonds is 4. The highest BCUT2D eigenvalue weighted by Crippen LogP contribution is 2.39. The molecule has 2 aromatic rings. The van der Waals surface area contributed by atoms with Crippen molar-refractivity contribution in [3.63, 3.8) is 0 Å². The van der Waals surface area contributed by atoms with E-state index in [0.717, 1.165) is 18.4 Å². The van der Waals surface area contributed by atoms with E-state index >= 15 is 0 Å². The lowest BCUT2D eigenvalue weighted by Crippen LogP contribution is -2.05. The Hall–Kier alpha value is -2.36. The molecular weight excluding hydrogens is 266 g/mol. The number of nitrogens with zero attached hydrogens (tertiary/aromatic N) is 1. The van der Waals surface area contributed by atoms with Crippen molar-refractivity contribution >= 4 is 5.97 Å². The maximum atomic E-state index is 11.1. The van der Waals surface area contributed by atoms with Gasteiger partial charge in [-0.05, 0) is 37.0 Å². The van der Waals surface area contributed by atoms with E-state index in [1.54, 1.807) is 6.07 Å². The largest absolute Gasteiger partial charge is 0.477 e. The summed E-state index contributed by atoms with van der Waals surface area (Å²) in [5.41, 5.74) is 1.03. The van der Waals surface area contributed by atoms with Gasteiger partial charge in [-0.3, -0.25) is 0 Å². The lowest BCUT2D eigenvalue weighted by atomic mass is 9.98. The highest BCUT2D eigenvalue weighted by Gasteiger charge is 2.23. The summed E-state index contributed by atoms with van der Waals surface area (Å²) >= 11 is 0. The zero-order valence-electron chi connectivity index (χ0n) is 11.7. The molecule has 0 spiro atoms. The smallest absolute Gasteiger partial charge is 0.354 e. The lowest BCUT2D eigenvalue weighted by Gasteiger charge is -2.15. The number of benzene rings is 1. The quantitative estimate of drug-likeness (QED) is 0.912. The molecular formula is C17H17NO3. The third-order valence-corrected chi connectivity index (χ3v) is 3.86. The van der Waals surface area contributed by atoms with E-state index < -0.39 is 5.97 Å². The van der Waals surface area contributed by atoms with Crippen LogP contribution in [0.1, 0.15) is 47.7 Å². The Labute approximate surface area is 123 Å². The van der Waals surface area contributed by atoms with E-state index in [2.05, 4.69) is 4.98 Å². The van der Waals surface area contributed by atoms with Crippen LogP contribution in [0.5, 0.6) is 11.6 Å². The van der Waals surface area contributed by atoms with Crippen molar-refractivity contribution in [1.82, 2.24) is 4.98 Å². The molecule has 1 aromatic carbocycles. The third kappa shape index (κ3) is 3.05. The lowest BCUT2D eigenvalue weighted by molar-refractivity contribution is 0.0689. The number of aromatic nitrogens is 1. The average molecular weight is 283 g/mol. The van der Waals surface area contributed by atoms with Gasteiger partial charge in [-0.25, -0.2) is 9.78 Å². The molecule has 4 heteroatoms. The molecule has 4 nitrogen and oxygen atoms in total. The third-order valence-electron chi connectivity index (χ3n) is 3.86. The van der Waals surface area contributed by atoms with E-state index in [0.29, 0.717) is 17.5 Å². The molecule has 0 bridgehead atoms. The van der Waals surface area contributed by atoms with Gasteiger partial charge in [-0.2, -0.15) is 0 Å². The van der Waals surface area contributed by atoms with Crippen LogP contribution < -0.4 is 4.74 Å². The number of hydrogen-bond donors (Lipinski definition) is 1. The van der Waals surface area contributed by atoms with Crippen molar-refractivity contribution in [2.24, 2.45) is 0 Å². The number of carbonyl (C=O) groups is 1. The molecule has 1 aromatic heterocycles. The van der Waals surface area contributed by atoms with Crippen LogP contribution in [0.25, 0.3) is 0 Å². The normalized spacial score (nSPS) is 15.0. The molecule has 1 fully saturated rings. The van der Waals surface area contributed by atoms with E-state index in [-0.39, 0.29) is 5.69 Å². The Morgan fingerprint density at radius 3 is 2.48 bits per heavy atom. The van der Waals surface area contributed by atoms with Crippen LogP contribution in [0.3, 0.4) is 0 Å². The van der Waals surface area contributed by atoms with Gasteiger partial charge in [0.2, 0.25) is 5.88 Å². The van der Waals surface area contributed by atoms with E-state index in [1.165, 1.54) is 12.8 Å². The van der Waals surface area contributed by atoms with Crippen molar-refractivity contribution in [1.29, 1.82) is 0 Å². The predicted molar refractivity (Wildman–Crippen MR) is 78.9 cm³/mol. The van der Waals surface area contributed by atoms with Gasteiger partial charge in [0.15, 0.2) is 5.69 Å². The van der Waals surface area contributed by atoms with E-state index in [4.69, 9.17) is 9.84 Å². The fourth-order valence-electron chi connectivity index (χ4n) is 2.80. The standard InChI is InChI=1S/C17H17NO3/c19-17(20)15-11-10-14(12-6-4-5-7-12)16(18-15)21-13-8-2-1-3-9-13/h1-3,8-12H,4-7H2,(H,19,20). The number of carboxylic acid groups (broad SMARTS) is 1. The van der Waals surface area contributed by atoms with E-state index in [9.17, 15) is 4.79 Å². The fourth-order valence-corrected chi connectivity index (χ4v) is 2.80. The summed E-state index contributed by atoms with van der Waals surface area (Å²) in [7, 11) is 0. The summed E-state index contributed by atoms with van der Waals surface area (Å²) < 4.78 is 5.84. The second-order valence-electron chi connectivity index (χ2n) is 5.29. The van der Waals surface area contributed by atoms with Crippen molar-refractivity contribution in [3.8, 4) is 11.6 Å². The van der Waals surface area contributed by atoms with Crippen LogP contribution in [-0.4, -0.2) is 16.1 Å². The highest BCUT2D eigenvalue weighted by atomic mass is 16.5. The minimum atomic E-state index is -1.04. The maximum absolute atomic E-state index is 11.1. The molecule has 0 radical (unpaired) electrons. The molecule has 1 aliphatic rings. The molecule has 1 saturated carbocycles. The molecule has 21 heavy (non-hydrogen) atoms. The second-order valence-corrected chi connectivity index (χ2v) is 5.29. The summed E-state index contributed by atoms with van der Waals surface area (Å²) in [6, 6.07) is 12.8. The van der Waals surface area contributed by atoms with Crippen molar-refractivity contribution < 1.29 is 14.6 Å². The number of para-hydroxylation sites is 1. The van der Waals surface area contributed by atoms with Gasteiger partial charge >= 0.3 is 5.97 Å². The van der Waals surface area contributed by atoms with Crippen molar-refractivity contribution in [2.75, 3.05) is 0 Å². The first-order valence-corrected chi connectivity index (χ1v) is 7.21. The average Bonchev–Trinajstić information content (AvgIpc) is 3.02. The summed E-state index contributed by atoms with van der Waals surface area (Å²) in [6.07, 6.45) is 4.63. The van der Waals surface area contributed by atoms with Crippen LogP contribution in [0.4, 0.5) is 0 Å². The summed E-state index contributed by atoms with van der Waals surface area (Å²) in [5.74, 6) is 0.477. The Balaban J connectivity index is 1.97. The Morgan fingerprint density at radius 1 is 1.10 bits per heavy atom. The molecule has 108 valence electrons. The van der Waals surface area contributed by atoms with Crippen LogP contribution in [0, 0.1) is 0 Å². The topological polar surface area (TPSA) is 59.4 Å². The molecule has 0 atom stereocenters. The SMILES string of the molecule is O=C(O)c1ccc(C2CCCC2)c(Oc2ccccc2)n1. The predicted octanol–water partition coefficient (Wildman–Crippen LogP) is 4.23. The van der Waals surface area contributed by atoms with Gasteiger partial charge < -0.3 is 9.84 Å². The van der Waals surface area contributed by atoms with Gasteiger partial charge in [0, 0.05) is 5.56 Å². The fraction of sp³-hybridized carbons (Fsp3) is 0.294.